The molecule has 0 atom stereocenters. The number of benzene rings is 2. The molecular formula is C18H16N2O5. The standard InChI is InChI=1S/C18H16N2O5/c21-16(19-9-8-12-4-2-1-3-5-12)11-20-14-7-6-13(17(22)23)10-15(14)25-18(20)24/h1-7,10H,8-9,11H2,(H,19,21)(H,22,23). The van der Waals surface area contributed by atoms with Crippen molar-refractivity contribution in [2.45, 2.75) is 13.0 Å². The Labute approximate surface area is 142 Å². The summed E-state index contributed by atoms with van der Waals surface area (Å²) in [5.41, 5.74) is 1.64. The van der Waals surface area contributed by atoms with E-state index in [1.165, 1.54) is 22.8 Å². The molecule has 0 aliphatic heterocycles. The number of rotatable bonds is 6. The maximum Gasteiger partial charge on any atom is 0.420 e. The zero-order valence-electron chi connectivity index (χ0n) is 13.3. The first-order chi connectivity index (χ1) is 12.0. The minimum atomic E-state index is -1.11. The molecule has 3 rings (SSSR count). The van der Waals surface area contributed by atoms with E-state index in [4.69, 9.17) is 9.52 Å². The Morgan fingerprint density at radius 2 is 1.88 bits per heavy atom. The number of nitrogens with zero attached hydrogens (tertiary/aromatic N) is 1. The molecule has 2 N–H and O–H groups in total. The lowest BCUT2D eigenvalue weighted by atomic mass is 10.1. The quantitative estimate of drug-likeness (QED) is 0.710. The van der Waals surface area contributed by atoms with Gasteiger partial charge < -0.3 is 14.8 Å². The van der Waals surface area contributed by atoms with Gasteiger partial charge in [-0.3, -0.25) is 9.36 Å². The Hall–Kier alpha value is -3.35. The zero-order chi connectivity index (χ0) is 17.8. The van der Waals surface area contributed by atoms with E-state index in [2.05, 4.69) is 5.32 Å². The van der Waals surface area contributed by atoms with Gasteiger partial charge in [0.2, 0.25) is 5.91 Å². The summed E-state index contributed by atoms with van der Waals surface area (Å²) in [6.07, 6.45) is 0.690. The van der Waals surface area contributed by atoms with Gasteiger partial charge in [-0.05, 0) is 30.2 Å². The number of carbonyl (C=O) groups excluding carboxylic acids is 1. The van der Waals surface area contributed by atoms with E-state index in [1.54, 1.807) is 0 Å². The summed E-state index contributed by atoms with van der Waals surface area (Å²) in [4.78, 5) is 34.9. The van der Waals surface area contributed by atoms with Gasteiger partial charge in [-0.15, -0.1) is 0 Å². The highest BCUT2D eigenvalue weighted by Crippen LogP contribution is 2.15. The number of hydrogen-bond donors (Lipinski definition) is 2. The predicted octanol–water partition coefficient (Wildman–Crippen LogP) is 1.65. The number of aromatic carboxylic acids is 1. The van der Waals surface area contributed by atoms with Gasteiger partial charge in [0.05, 0.1) is 11.1 Å². The van der Waals surface area contributed by atoms with Crippen molar-refractivity contribution >= 4 is 23.0 Å². The fourth-order valence-electron chi connectivity index (χ4n) is 2.54. The Kier molecular flexibility index (Phi) is 4.65. The fourth-order valence-corrected chi connectivity index (χ4v) is 2.54. The third-order valence-electron chi connectivity index (χ3n) is 3.80. The van der Waals surface area contributed by atoms with Gasteiger partial charge in [-0.25, -0.2) is 9.59 Å². The number of fused-ring (bicyclic) bond motifs is 1. The number of aromatic nitrogens is 1. The summed E-state index contributed by atoms with van der Waals surface area (Å²) in [7, 11) is 0. The number of oxazole rings is 1. The first kappa shape index (κ1) is 16.5. The van der Waals surface area contributed by atoms with Crippen LogP contribution in [0.15, 0.2) is 57.7 Å². The minimum Gasteiger partial charge on any atom is -0.478 e. The summed E-state index contributed by atoms with van der Waals surface area (Å²) < 4.78 is 6.21. The van der Waals surface area contributed by atoms with Crippen molar-refractivity contribution < 1.29 is 19.1 Å². The second-order valence-electron chi connectivity index (χ2n) is 5.53. The number of nitrogens with one attached hydrogen (secondary N) is 1. The molecule has 7 heteroatoms. The third kappa shape index (κ3) is 3.77. The van der Waals surface area contributed by atoms with Crippen molar-refractivity contribution in [3.63, 3.8) is 0 Å². The monoisotopic (exact) mass is 340 g/mol. The molecule has 0 aliphatic rings. The average molecular weight is 340 g/mol. The molecule has 1 amide bonds. The highest BCUT2D eigenvalue weighted by molar-refractivity contribution is 5.92. The van der Waals surface area contributed by atoms with E-state index >= 15 is 0 Å². The lowest BCUT2D eigenvalue weighted by Gasteiger charge is -2.06. The number of amides is 1. The first-order valence-electron chi connectivity index (χ1n) is 7.72. The van der Waals surface area contributed by atoms with Crippen LogP contribution in [0, 0.1) is 0 Å². The summed E-state index contributed by atoms with van der Waals surface area (Å²) in [5, 5.41) is 11.7. The van der Waals surface area contributed by atoms with E-state index in [0.29, 0.717) is 18.5 Å². The molecule has 0 saturated carbocycles. The van der Waals surface area contributed by atoms with Crippen LogP contribution < -0.4 is 11.1 Å². The van der Waals surface area contributed by atoms with Crippen molar-refractivity contribution in [3.05, 3.63) is 70.2 Å². The van der Waals surface area contributed by atoms with Gasteiger partial charge in [-0.2, -0.15) is 0 Å². The van der Waals surface area contributed by atoms with Crippen LogP contribution in [0.3, 0.4) is 0 Å². The summed E-state index contributed by atoms with van der Waals surface area (Å²) in [6, 6.07) is 13.8. The van der Waals surface area contributed by atoms with Crippen molar-refractivity contribution in [1.29, 1.82) is 0 Å². The normalized spacial score (nSPS) is 10.7. The maximum atomic E-state index is 12.1. The fraction of sp³-hybridized carbons (Fsp3) is 0.167. The first-order valence-corrected chi connectivity index (χ1v) is 7.72. The minimum absolute atomic E-state index is 0.0145. The molecule has 0 radical (unpaired) electrons. The molecule has 0 fully saturated rings. The van der Waals surface area contributed by atoms with Crippen LogP contribution in [0.4, 0.5) is 0 Å². The lowest BCUT2D eigenvalue weighted by Crippen LogP contribution is -2.32. The van der Waals surface area contributed by atoms with Gasteiger partial charge in [0, 0.05) is 6.54 Å². The molecular weight excluding hydrogens is 324 g/mol. The summed E-state index contributed by atoms with van der Waals surface area (Å²) >= 11 is 0. The molecule has 2 aromatic carbocycles. The summed E-state index contributed by atoms with van der Waals surface area (Å²) in [6.45, 7) is 0.267. The Balaban J connectivity index is 1.67. The third-order valence-corrected chi connectivity index (χ3v) is 3.80. The average Bonchev–Trinajstić information content (AvgIpc) is 2.90. The van der Waals surface area contributed by atoms with E-state index in [-0.39, 0.29) is 23.6 Å². The lowest BCUT2D eigenvalue weighted by molar-refractivity contribution is -0.121. The van der Waals surface area contributed by atoms with E-state index in [9.17, 15) is 14.4 Å². The number of carboxylic acid groups (broad SMARTS) is 1. The van der Waals surface area contributed by atoms with Crippen LogP contribution in [-0.2, 0) is 17.8 Å². The van der Waals surface area contributed by atoms with Gasteiger partial charge in [0.1, 0.15) is 6.54 Å². The smallest absolute Gasteiger partial charge is 0.420 e. The molecule has 0 bridgehead atoms. The second-order valence-corrected chi connectivity index (χ2v) is 5.53. The Bertz CT molecular complexity index is 972. The van der Waals surface area contributed by atoms with Crippen molar-refractivity contribution in [2.75, 3.05) is 6.54 Å². The molecule has 0 aliphatic carbocycles. The van der Waals surface area contributed by atoms with E-state index < -0.39 is 11.7 Å². The number of hydrogen-bond acceptors (Lipinski definition) is 4. The number of carboxylic acids is 1. The Morgan fingerprint density at radius 3 is 2.60 bits per heavy atom. The van der Waals surface area contributed by atoms with Crippen molar-refractivity contribution in [1.82, 2.24) is 9.88 Å². The number of carbonyl (C=O) groups is 2. The topological polar surface area (TPSA) is 102 Å². The van der Waals surface area contributed by atoms with Gasteiger partial charge in [0.25, 0.3) is 0 Å². The van der Waals surface area contributed by atoms with Crippen LogP contribution >= 0.6 is 0 Å². The highest BCUT2D eigenvalue weighted by atomic mass is 16.4. The summed E-state index contributed by atoms with van der Waals surface area (Å²) in [5.74, 6) is -2.13. The van der Waals surface area contributed by atoms with Gasteiger partial charge >= 0.3 is 11.7 Å². The molecule has 25 heavy (non-hydrogen) atoms. The molecule has 1 aromatic heterocycles. The van der Waals surface area contributed by atoms with Crippen LogP contribution in [0.2, 0.25) is 0 Å². The van der Waals surface area contributed by atoms with Crippen molar-refractivity contribution in [2.24, 2.45) is 0 Å². The largest absolute Gasteiger partial charge is 0.478 e. The second kappa shape index (κ2) is 7.04. The molecule has 3 aromatic rings. The molecule has 7 nitrogen and oxygen atoms in total. The zero-order valence-corrected chi connectivity index (χ0v) is 13.3. The van der Waals surface area contributed by atoms with E-state index in [0.717, 1.165) is 5.56 Å². The predicted molar refractivity (Wildman–Crippen MR) is 90.6 cm³/mol. The molecule has 0 unspecified atom stereocenters. The SMILES string of the molecule is O=C(Cn1c(=O)oc2cc(C(=O)O)ccc21)NCCc1ccccc1. The maximum absolute atomic E-state index is 12.1. The Morgan fingerprint density at radius 1 is 1.12 bits per heavy atom. The van der Waals surface area contributed by atoms with E-state index in [1.807, 2.05) is 30.3 Å². The van der Waals surface area contributed by atoms with Gasteiger partial charge in [-0.1, -0.05) is 30.3 Å². The van der Waals surface area contributed by atoms with Gasteiger partial charge in [0.15, 0.2) is 5.58 Å². The van der Waals surface area contributed by atoms with Crippen LogP contribution in [0.5, 0.6) is 0 Å². The van der Waals surface area contributed by atoms with Crippen molar-refractivity contribution in [3.8, 4) is 0 Å². The van der Waals surface area contributed by atoms with Crippen LogP contribution in [-0.4, -0.2) is 28.1 Å². The highest BCUT2D eigenvalue weighted by Gasteiger charge is 2.14. The molecule has 0 saturated heterocycles. The van der Waals surface area contributed by atoms with Crippen LogP contribution in [0.25, 0.3) is 11.1 Å². The molecule has 128 valence electrons. The van der Waals surface area contributed by atoms with Crippen LogP contribution in [0.1, 0.15) is 15.9 Å². The molecule has 0 spiro atoms. The molecule has 1 heterocycles.